The van der Waals surface area contributed by atoms with Crippen molar-refractivity contribution >= 4 is 18.2 Å². The molecule has 0 bridgehead atoms. The lowest BCUT2D eigenvalue weighted by atomic mass is 9.94. The van der Waals surface area contributed by atoms with E-state index in [-0.39, 0.29) is 24.9 Å². The number of aliphatic hydroxyl groups excluding tert-OH is 2. The van der Waals surface area contributed by atoms with E-state index in [2.05, 4.69) is 15.1 Å². The molecule has 0 aromatic carbocycles. The molecule has 0 saturated carbocycles. The number of amides is 1. The number of carbonyl (C=O) groups excluding carboxylic acids is 1. The molecule has 0 unspecified atom stereocenters. The highest BCUT2D eigenvalue weighted by molar-refractivity contribution is 5.76. The Morgan fingerprint density at radius 2 is 2.11 bits per heavy atom. The van der Waals surface area contributed by atoms with Crippen LogP contribution in [0, 0.1) is 19.8 Å². The molecule has 10 heteroatoms. The maximum absolute atomic E-state index is 12.4. The number of nitrogens with zero attached hydrogens (tertiary/aromatic N) is 5. The normalized spacial score (nSPS) is 19.5. The van der Waals surface area contributed by atoms with Gasteiger partial charge in [-0.25, -0.2) is 9.50 Å². The minimum atomic E-state index is -0.649. The summed E-state index contributed by atoms with van der Waals surface area (Å²) in [5, 5.41) is 30.2. The van der Waals surface area contributed by atoms with E-state index in [1.807, 2.05) is 13.8 Å². The Balaban J connectivity index is 0.000000817. The van der Waals surface area contributed by atoms with Crippen molar-refractivity contribution in [1.82, 2.24) is 24.5 Å². The van der Waals surface area contributed by atoms with Crippen LogP contribution in [0.4, 0.5) is 0 Å². The van der Waals surface area contributed by atoms with Crippen LogP contribution < -0.4 is 0 Å². The molecule has 3 heterocycles. The van der Waals surface area contributed by atoms with Gasteiger partial charge in [0.1, 0.15) is 6.33 Å². The van der Waals surface area contributed by atoms with Gasteiger partial charge >= 0.3 is 0 Å². The smallest absolute Gasteiger partial charge is 0.290 e. The van der Waals surface area contributed by atoms with Crippen molar-refractivity contribution in [2.45, 2.75) is 39.2 Å². The van der Waals surface area contributed by atoms with Gasteiger partial charge in [-0.15, -0.1) is 0 Å². The van der Waals surface area contributed by atoms with Crippen molar-refractivity contribution < 1.29 is 24.9 Å². The first kappa shape index (κ1) is 20.7. The molecule has 148 valence electrons. The highest BCUT2D eigenvalue weighted by Gasteiger charge is 2.29. The molecule has 10 nitrogen and oxygen atoms in total. The number of hydrogen-bond donors (Lipinski definition) is 3. The Hall–Kier alpha value is -2.59. The Kier molecular flexibility index (Phi) is 7.19. The first-order valence-electron chi connectivity index (χ1n) is 8.73. The molecule has 2 aromatic heterocycles. The van der Waals surface area contributed by atoms with Gasteiger partial charge in [-0.05, 0) is 32.3 Å². The number of aryl methyl sites for hydroxylation is 2. The summed E-state index contributed by atoms with van der Waals surface area (Å²) in [5.74, 6) is 0.453. The molecule has 0 aliphatic carbocycles. The molecule has 0 spiro atoms. The summed E-state index contributed by atoms with van der Waals surface area (Å²) in [6.45, 7) is 4.46. The van der Waals surface area contributed by atoms with Crippen LogP contribution >= 0.6 is 0 Å². The highest BCUT2D eigenvalue weighted by atomic mass is 16.3. The van der Waals surface area contributed by atoms with Crippen molar-refractivity contribution in [3.8, 4) is 0 Å². The van der Waals surface area contributed by atoms with Gasteiger partial charge < -0.3 is 20.2 Å². The predicted octanol–water partition coefficient (Wildman–Crippen LogP) is -0.424. The van der Waals surface area contributed by atoms with Crippen LogP contribution in [0.2, 0.25) is 0 Å². The zero-order valence-electron chi connectivity index (χ0n) is 15.4. The van der Waals surface area contributed by atoms with E-state index < -0.39 is 6.10 Å². The van der Waals surface area contributed by atoms with Gasteiger partial charge in [0.2, 0.25) is 5.91 Å². The number of fused-ring (bicyclic) bond motifs is 1. The van der Waals surface area contributed by atoms with Crippen LogP contribution in [0.5, 0.6) is 0 Å². The summed E-state index contributed by atoms with van der Waals surface area (Å²) in [7, 11) is 0. The molecule has 2 aromatic rings. The first-order valence-corrected chi connectivity index (χ1v) is 8.73. The van der Waals surface area contributed by atoms with Crippen LogP contribution in [0.3, 0.4) is 0 Å². The van der Waals surface area contributed by atoms with E-state index >= 15 is 0 Å². The highest BCUT2D eigenvalue weighted by Crippen LogP contribution is 2.20. The maximum Gasteiger partial charge on any atom is 0.290 e. The lowest BCUT2D eigenvalue weighted by Crippen LogP contribution is -2.47. The van der Waals surface area contributed by atoms with Gasteiger partial charge in [0.25, 0.3) is 12.2 Å². The lowest BCUT2D eigenvalue weighted by molar-refractivity contribution is -0.136. The second-order valence-corrected chi connectivity index (χ2v) is 6.48. The molecular formula is C17H25N5O5. The van der Waals surface area contributed by atoms with E-state index in [4.69, 9.17) is 9.90 Å². The lowest BCUT2D eigenvalue weighted by Gasteiger charge is -2.35. The van der Waals surface area contributed by atoms with Crippen molar-refractivity contribution in [2.75, 3.05) is 19.7 Å². The van der Waals surface area contributed by atoms with E-state index in [1.165, 1.54) is 6.33 Å². The molecule has 1 saturated heterocycles. The Bertz CT molecular complexity index is 793. The molecule has 3 rings (SSSR count). The summed E-state index contributed by atoms with van der Waals surface area (Å²) < 4.78 is 1.68. The Morgan fingerprint density at radius 1 is 1.41 bits per heavy atom. The average Bonchev–Trinajstić information content (AvgIpc) is 3.10. The third kappa shape index (κ3) is 4.77. The zero-order chi connectivity index (χ0) is 20.0. The van der Waals surface area contributed by atoms with Gasteiger partial charge in [0.15, 0.2) is 0 Å². The monoisotopic (exact) mass is 379 g/mol. The van der Waals surface area contributed by atoms with Crippen molar-refractivity contribution in [2.24, 2.45) is 5.92 Å². The Labute approximate surface area is 156 Å². The minimum absolute atomic E-state index is 0.0166. The van der Waals surface area contributed by atoms with Crippen LogP contribution in [-0.4, -0.2) is 78.0 Å². The summed E-state index contributed by atoms with van der Waals surface area (Å²) in [6.07, 6.45) is 2.39. The molecule has 2 atom stereocenters. The number of carbonyl (C=O) groups is 2. The number of rotatable bonds is 4. The van der Waals surface area contributed by atoms with Crippen LogP contribution in [0.1, 0.15) is 29.8 Å². The van der Waals surface area contributed by atoms with E-state index in [0.29, 0.717) is 38.1 Å². The van der Waals surface area contributed by atoms with E-state index in [1.54, 1.807) is 9.42 Å². The number of likely N-dealkylation sites (tertiary alicyclic amines) is 1. The second kappa shape index (κ2) is 9.38. The fourth-order valence-corrected chi connectivity index (χ4v) is 3.33. The van der Waals surface area contributed by atoms with Crippen LogP contribution in [-0.2, 0) is 16.0 Å². The molecule has 1 aliphatic rings. The van der Waals surface area contributed by atoms with Gasteiger partial charge in [-0.2, -0.15) is 10.1 Å². The zero-order valence-corrected chi connectivity index (χ0v) is 15.4. The number of hydrogen-bond acceptors (Lipinski definition) is 7. The molecular weight excluding hydrogens is 354 g/mol. The first-order chi connectivity index (χ1) is 12.9. The fraction of sp³-hybridized carbons (Fsp3) is 0.588. The summed E-state index contributed by atoms with van der Waals surface area (Å²) in [4.78, 5) is 31.0. The number of piperidine rings is 1. The third-order valence-corrected chi connectivity index (χ3v) is 4.89. The fourth-order valence-electron chi connectivity index (χ4n) is 3.33. The predicted molar refractivity (Wildman–Crippen MR) is 95.0 cm³/mol. The number of aromatic nitrogens is 4. The van der Waals surface area contributed by atoms with Gasteiger partial charge in [-0.3, -0.25) is 9.59 Å². The molecule has 27 heavy (non-hydrogen) atoms. The largest absolute Gasteiger partial charge is 0.483 e. The second-order valence-electron chi connectivity index (χ2n) is 6.48. The maximum atomic E-state index is 12.4. The Morgan fingerprint density at radius 3 is 2.74 bits per heavy atom. The van der Waals surface area contributed by atoms with Crippen molar-refractivity contribution in [3.63, 3.8) is 0 Å². The number of carboxylic acid groups (broad SMARTS) is 1. The molecule has 1 fully saturated rings. The van der Waals surface area contributed by atoms with Gasteiger partial charge in [0.05, 0.1) is 6.10 Å². The van der Waals surface area contributed by atoms with Crippen molar-refractivity contribution in [3.05, 3.63) is 23.3 Å². The van der Waals surface area contributed by atoms with Crippen molar-refractivity contribution in [1.29, 1.82) is 0 Å². The van der Waals surface area contributed by atoms with E-state index in [9.17, 15) is 15.0 Å². The quantitative estimate of drug-likeness (QED) is 0.608. The standard InChI is InChI=1S/C16H23N5O3.CH2O2/c1-10-13(11(2)21-16(19-10)17-9-18-21)3-4-15(24)20-6-5-12(8-22)14(23)7-20;2-1-3/h9,12,14,22-23H,3-8H2,1-2H3;1H,(H,2,3)/t12-,14-;/m1./s1. The minimum Gasteiger partial charge on any atom is -0.483 e. The van der Waals surface area contributed by atoms with Crippen LogP contribution in [0.15, 0.2) is 6.33 Å². The van der Waals surface area contributed by atoms with Crippen LogP contribution in [0.25, 0.3) is 5.78 Å². The van der Waals surface area contributed by atoms with Gasteiger partial charge in [0, 0.05) is 43.4 Å². The molecule has 3 N–H and O–H groups in total. The molecule has 0 radical (unpaired) electrons. The topological polar surface area (TPSA) is 141 Å². The summed E-state index contributed by atoms with van der Waals surface area (Å²) in [6, 6.07) is 0. The third-order valence-electron chi connectivity index (χ3n) is 4.89. The summed E-state index contributed by atoms with van der Waals surface area (Å²) >= 11 is 0. The SMILES string of the molecule is Cc1nc2ncnn2c(C)c1CCC(=O)N1CC[C@H](CO)[C@H](O)C1.O=CO. The summed E-state index contributed by atoms with van der Waals surface area (Å²) in [5.41, 5.74) is 2.81. The molecule has 1 amide bonds. The molecule has 1 aliphatic heterocycles. The number of aliphatic hydroxyl groups is 2. The average molecular weight is 379 g/mol. The van der Waals surface area contributed by atoms with Gasteiger partial charge in [-0.1, -0.05) is 0 Å². The number of β-amino-alcohol motifs (C(OH)–C–C–N with tert-alkyl or cyclic N) is 1. The van der Waals surface area contributed by atoms with E-state index in [0.717, 1.165) is 17.0 Å².